The van der Waals surface area contributed by atoms with Crippen molar-refractivity contribution in [3.63, 3.8) is 0 Å². The Bertz CT molecular complexity index is 6000. The van der Waals surface area contributed by atoms with Gasteiger partial charge in [0.25, 0.3) is 0 Å². The molecule has 0 aliphatic heterocycles. The number of benzene rings is 12. The summed E-state index contributed by atoms with van der Waals surface area (Å²) in [5.41, 5.74) is 29.5. The van der Waals surface area contributed by atoms with Crippen molar-refractivity contribution in [3.8, 4) is 62.6 Å². The van der Waals surface area contributed by atoms with E-state index in [0.29, 0.717) is 11.8 Å². The summed E-state index contributed by atoms with van der Waals surface area (Å²) in [6.45, 7) is 24.0. The van der Waals surface area contributed by atoms with E-state index in [1.54, 1.807) is 0 Å². The molecular weight excluding hydrogens is 1470 g/mol. The molecule has 18 aromatic rings. The van der Waals surface area contributed by atoms with Crippen LogP contribution in [-0.4, -0.2) is 37.8 Å². The standard InChI is InChI=1S/C60H49N4O.2C18H17N2.Ir/c1-6-41(42-19-21-43(22-20-42)60-61-29-30-62(60)59-39(4)31-37(2)32-40(59)5)33-38(3)44-23-27-56-51(34-44)49-15-9-12-18-55(49)64(56)46-24-26-50-52-35-45(25-28-57(52)65-58(50)36-46)63-53-16-10-7-13-47(53)48-14-8-11-17-54(48)63;2*1-13-11-14(2)17(15(3)12-13)20-10-9-19-18(20)16-7-5-4-6-8-16;/h7-21,23-32,34-36,38,41H,6,33H2,1-5H3;2*4-7,9-12H,1-3H3;/q3*-1;+3. The number of hydrogen-bond acceptors (Lipinski definition) is 4. The molecule has 0 aliphatic rings. The van der Waals surface area contributed by atoms with E-state index < -0.39 is 0 Å². The number of rotatable bonds is 13. The molecule has 9 nitrogen and oxygen atoms in total. The van der Waals surface area contributed by atoms with Gasteiger partial charge in [-0.2, -0.15) is 0 Å². The third-order valence-electron chi connectivity index (χ3n) is 20.9. The molecule has 0 amide bonds. The molecule has 12 aromatic carbocycles. The summed E-state index contributed by atoms with van der Waals surface area (Å²) < 4.78 is 17.9. The number of furan rings is 1. The van der Waals surface area contributed by atoms with Crippen LogP contribution in [0.1, 0.15) is 99.7 Å². The Morgan fingerprint density at radius 2 is 0.783 bits per heavy atom. The Labute approximate surface area is 634 Å². The first-order chi connectivity index (χ1) is 51.2. The number of aromatic nitrogens is 8. The first kappa shape index (κ1) is 70.0. The second-order valence-electron chi connectivity index (χ2n) is 28.4. The molecular formula is C96H83IrN8O. The molecule has 0 spiro atoms. The third-order valence-corrected chi connectivity index (χ3v) is 20.9. The number of hydrogen-bond donors (Lipinski definition) is 0. The van der Waals surface area contributed by atoms with Crippen LogP contribution in [0.4, 0.5) is 0 Å². The van der Waals surface area contributed by atoms with Crippen LogP contribution in [0, 0.1) is 80.5 Å². The second kappa shape index (κ2) is 29.5. The summed E-state index contributed by atoms with van der Waals surface area (Å²) in [5.74, 6) is 3.54. The number of fused-ring (bicyclic) bond motifs is 9. The van der Waals surface area contributed by atoms with Gasteiger partial charge in [0.05, 0.1) is 39.5 Å². The van der Waals surface area contributed by atoms with Crippen LogP contribution in [0.25, 0.3) is 128 Å². The fraction of sp³-hybridized carbons (Fsp3) is 0.156. The first-order valence-corrected chi connectivity index (χ1v) is 36.5. The molecule has 0 aliphatic carbocycles. The van der Waals surface area contributed by atoms with Crippen LogP contribution in [0.15, 0.2) is 272 Å². The zero-order valence-electron chi connectivity index (χ0n) is 61.8. The van der Waals surface area contributed by atoms with Crippen LogP contribution in [0.5, 0.6) is 0 Å². The molecule has 0 radical (unpaired) electrons. The quantitative estimate of drug-likeness (QED) is 0.108. The maximum absolute atomic E-state index is 6.63. The van der Waals surface area contributed by atoms with Gasteiger partial charge in [0.1, 0.15) is 11.2 Å². The van der Waals surface area contributed by atoms with Crippen molar-refractivity contribution in [3.05, 3.63) is 347 Å². The van der Waals surface area contributed by atoms with Gasteiger partial charge in [-0.05, 0) is 174 Å². The smallest absolute Gasteiger partial charge is 0.456 e. The van der Waals surface area contributed by atoms with Crippen molar-refractivity contribution in [1.29, 1.82) is 0 Å². The summed E-state index contributed by atoms with van der Waals surface area (Å²) in [7, 11) is 0. The molecule has 0 saturated carbocycles. The Morgan fingerprint density at radius 3 is 1.23 bits per heavy atom. The normalized spacial score (nSPS) is 12.0. The van der Waals surface area contributed by atoms with Crippen LogP contribution < -0.4 is 0 Å². The molecule has 0 fully saturated rings. The van der Waals surface area contributed by atoms with Crippen LogP contribution in [0.3, 0.4) is 0 Å². The third kappa shape index (κ3) is 13.1. The van der Waals surface area contributed by atoms with E-state index in [4.69, 9.17) is 9.40 Å². The molecule has 6 aromatic heterocycles. The zero-order chi connectivity index (χ0) is 72.1. The van der Waals surface area contributed by atoms with Crippen molar-refractivity contribution >= 4 is 65.6 Å². The van der Waals surface area contributed by atoms with Gasteiger partial charge < -0.3 is 27.3 Å². The molecule has 10 heteroatoms. The van der Waals surface area contributed by atoms with Gasteiger partial charge in [-0.15, -0.1) is 107 Å². The largest absolute Gasteiger partial charge is 3.00 e. The van der Waals surface area contributed by atoms with E-state index in [1.807, 2.05) is 79.5 Å². The number of imidazole rings is 3. The maximum Gasteiger partial charge on any atom is 3.00 e. The summed E-state index contributed by atoms with van der Waals surface area (Å²) in [5, 5.41) is 7.26. The SMILES string of the molecule is CCC(CC(C)c1ccc2c(c1)c1ccccc1n2-c1ccc2c(c1)oc1ccc(-n3c4ccccc4c4ccccc43)cc12)c1c[c-]c(-c2nccn2-c2c(C)cc(C)cc2C)cc1.Cc1cc(C)c(-n2ccnc2-c2[c-]cccc2)c(C)c1.Cc1cc(C)c(-n2ccnc2-c2[c-]cccc2)c(C)c1.[Ir+3]. The second-order valence-corrected chi connectivity index (χ2v) is 28.4. The van der Waals surface area contributed by atoms with Crippen LogP contribution >= 0.6 is 0 Å². The van der Waals surface area contributed by atoms with Crippen molar-refractivity contribution in [2.45, 2.75) is 101 Å². The van der Waals surface area contributed by atoms with E-state index >= 15 is 0 Å². The molecule has 6 heterocycles. The summed E-state index contributed by atoms with van der Waals surface area (Å²) in [4.78, 5) is 13.8. The van der Waals surface area contributed by atoms with Gasteiger partial charge in [0.15, 0.2) is 0 Å². The van der Waals surface area contributed by atoms with Gasteiger partial charge in [-0.1, -0.05) is 140 Å². The minimum absolute atomic E-state index is 0. The van der Waals surface area contributed by atoms with Crippen molar-refractivity contribution in [2.24, 2.45) is 0 Å². The van der Waals surface area contributed by atoms with Crippen molar-refractivity contribution in [1.82, 2.24) is 37.8 Å². The molecule has 0 N–H and O–H groups in total. The fourth-order valence-electron chi connectivity index (χ4n) is 16.5. The molecule has 0 bridgehead atoms. The van der Waals surface area contributed by atoms with Gasteiger partial charge in [0.2, 0.25) is 0 Å². The average Bonchev–Trinajstić information content (AvgIpc) is 1.58. The summed E-state index contributed by atoms with van der Waals surface area (Å²) in [6, 6.07) is 92.5. The summed E-state index contributed by atoms with van der Waals surface area (Å²) >= 11 is 0. The van der Waals surface area contributed by atoms with Crippen molar-refractivity contribution < 1.29 is 24.5 Å². The number of para-hydroxylation sites is 3. The van der Waals surface area contributed by atoms with E-state index in [9.17, 15) is 0 Å². The van der Waals surface area contributed by atoms with Gasteiger partial charge in [-0.3, -0.25) is 15.0 Å². The minimum atomic E-state index is 0. The minimum Gasteiger partial charge on any atom is -0.456 e. The average molecular weight is 1560 g/mol. The Balaban J connectivity index is 0.000000177. The van der Waals surface area contributed by atoms with E-state index in [1.165, 1.54) is 122 Å². The molecule has 2 unspecified atom stereocenters. The predicted molar refractivity (Wildman–Crippen MR) is 435 cm³/mol. The Hall–Kier alpha value is -11.7. The molecule has 522 valence electrons. The predicted octanol–water partition coefficient (Wildman–Crippen LogP) is 24.6. The number of nitrogens with zero attached hydrogens (tertiary/aromatic N) is 8. The Kier molecular flexibility index (Phi) is 19.5. The Morgan fingerprint density at radius 1 is 0.368 bits per heavy atom. The van der Waals surface area contributed by atoms with Crippen LogP contribution in [-0.2, 0) is 20.1 Å². The van der Waals surface area contributed by atoms with Gasteiger partial charge in [0, 0.05) is 104 Å². The van der Waals surface area contributed by atoms with Crippen molar-refractivity contribution in [2.75, 3.05) is 0 Å². The summed E-state index contributed by atoms with van der Waals surface area (Å²) in [6.07, 6.45) is 13.8. The van der Waals surface area contributed by atoms with E-state index in [-0.39, 0.29) is 20.1 Å². The van der Waals surface area contributed by atoms with Gasteiger partial charge >= 0.3 is 20.1 Å². The monoisotopic (exact) mass is 1560 g/mol. The zero-order valence-corrected chi connectivity index (χ0v) is 64.2. The maximum atomic E-state index is 6.63. The molecule has 106 heavy (non-hydrogen) atoms. The molecule has 2 atom stereocenters. The number of aryl methyl sites for hydroxylation is 9. The van der Waals surface area contributed by atoms with E-state index in [2.05, 4.69) is 315 Å². The topological polar surface area (TPSA) is 76.5 Å². The van der Waals surface area contributed by atoms with Crippen LogP contribution in [0.2, 0.25) is 0 Å². The van der Waals surface area contributed by atoms with Gasteiger partial charge in [-0.25, -0.2) is 0 Å². The molecule has 18 rings (SSSR count). The first-order valence-electron chi connectivity index (χ1n) is 36.5. The fourth-order valence-corrected chi connectivity index (χ4v) is 16.5. The molecule has 0 saturated heterocycles. The van der Waals surface area contributed by atoms with E-state index in [0.717, 1.165) is 80.3 Å².